The number of H-pyrrole nitrogens is 1. The van der Waals surface area contributed by atoms with Crippen LogP contribution in [0.4, 0.5) is 5.82 Å². The van der Waals surface area contributed by atoms with Gasteiger partial charge in [0.15, 0.2) is 0 Å². The predicted molar refractivity (Wildman–Crippen MR) is 82.9 cm³/mol. The molecule has 20 heavy (non-hydrogen) atoms. The van der Waals surface area contributed by atoms with Crippen LogP contribution in [0, 0.1) is 6.92 Å². The Hall–Kier alpha value is -2.14. The molecule has 0 radical (unpaired) electrons. The second-order valence-corrected chi connectivity index (χ2v) is 5.44. The van der Waals surface area contributed by atoms with Crippen LogP contribution < -0.4 is 5.32 Å². The van der Waals surface area contributed by atoms with Crippen molar-refractivity contribution in [1.82, 2.24) is 9.97 Å². The molecule has 5 heteroatoms. The van der Waals surface area contributed by atoms with Crippen LogP contribution in [0.15, 0.2) is 47.2 Å². The van der Waals surface area contributed by atoms with Gasteiger partial charge >= 0.3 is 0 Å². The molecule has 0 unspecified atom stereocenters. The third-order valence-corrected chi connectivity index (χ3v) is 3.54. The van der Waals surface area contributed by atoms with Gasteiger partial charge in [-0.1, -0.05) is 18.2 Å². The number of rotatable bonds is 2. The van der Waals surface area contributed by atoms with Gasteiger partial charge in [-0.15, -0.1) is 0 Å². The third kappa shape index (κ3) is 2.32. The minimum atomic E-state index is -0.166. The number of aromatic amines is 1. The Balaban J connectivity index is 1.93. The maximum atomic E-state index is 12.3. The molecule has 100 valence electrons. The molecular weight excluding hydrogens is 318 g/mol. The Morgan fingerprint density at radius 2 is 2.15 bits per heavy atom. The number of fused-ring (bicyclic) bond motifs is 1. The molecule has 1 amide bonds. The lowest BCUT2D eigenvalue weighted by atomic mass is 10.1. The van der Waals surface area contributed by atoms with Crippen molar-refractivity contribution in [2.45, 2.75) is 6.92 Å². The lowest BCUT2D eigenvalue weighted by Crippen LogP contribution is -2.13. The SMILES string of the molecule is Cc1cc(Br)cnc1NC(=O)c1c[nH]c2ccccc12. The lowest BCUT2D eigenvalue weighted by Gasteiger charge is -2.07. The number of carbonyl (C=O) groups is 1. The molecule has 0 atom stereocenters. The number of para-hydroxylation sites is 1. The van der Waals surface area contributed by atoms with Gasteiger partial charge in [-0.05, 0) is 40.5 Å². The molecule has 0 aliphatic carbocycles. The minimum Gasteiger partial charge on any atom is -0.360 e. The third-order valence-electron chi connectivity index (χ3n) is 3.11. The topological polar surface area (TPSA) is 57.8 Å². The van der Waals surface area contributed by atoms with Gasteiger partial charge in [0.25, 0.3) is 5.91 Å². The van der Waals surface area contributed by atoms with Crippen LogP contribution in [-0.4, -0.2) is 15.9 Å². The summed E-state index contributed by atoms with van der Waals surface area (Å²) in [5.41, 5.74) is 2.47. The summed E-state index contributed by atoms with van der Waals surface area (Å²) in [6, 6.07) is 9.62. The number of carbonyl (C=O) groups excluding carboxylic acids is 1. The van der Waals surface area contributed by atoms with Crippen molar-refractivity contribution in [1.29, 1.82) is 0 Å². The summed E-state index contributed by atoms with van der Waals surface area (Å²) in [4.78, 5) is 19.7. The van der Waals surface area contributed by atoms with Crippen molar-refractivity contribution >= 4 is 38.6 Å². The first kappa shape index (κ1) is 12.9. The minimum absolute atomic E-state index is 0.166. The van der Waals surface area contributed by atoms with E-state index >= 15 is 0 Å². The summed E-state index contributed by atoms with van der Waals surface area (Å²) in [7, 11) is 0. The zero-order chi connectivity index (χ0) is 14.1. The predicted octanol–water partition coefficient (Wildman–Crippen LogP) is 3.89. The number of amides is 1. The molecule has 0 fully saturated rings. The Morgan fingerprint density at radius 3 is 2.95 bits per heavy atom. The van der Waals surface area contributed by atoms with Gasteiger partial charge in [0.2, 0.25) is 0 Å². The molecule has 2 heterocycles. The summed E-state index contributed by atoms with van der Waals surface area (Å²) < 4.78 is 0.889. The molecule has 0 aliphatic rings. The Bertz CT molecular complexity index is 795. The number of aryl methyl sites for hydroxylation is 1. The highest BCUT2D eigenvalue weighted by molar-refractivity contribution is 9.10. The molecular formula is C15H12BrN3O. The monoisotopic (exact) mass is 329 g/mol. The number of halogens is 1. The average molecular weight is 330 g/mol. The largest absolute Gasteiger partial charge is 0.360 e. The molecule has 0 bridgehead atoms. The second-order valence-electron chi connectivity index (χ2n) is 4.52. The number of aromatic nitrogens is 2. The van der Waals surface area contributed by atoms with Crippen LogP contribution in [0.5, 0.6) is 0 Å². The molecule has 2 aromatic heterocycles. The van der Waals surface area contributed by atoms with Gasteiger partial charge in [-0.2, -0.15) is 0 Å². The van der Waals surface area contributed by atoms with Crippen LogP contribution in [0.2, 0.25) is 0 Å². The van der Waals surface area contributed by atoms with E-state index in [-0.39, 0.29) is 5.91 Å². The standard InChI is InChI=1S/C15H12BrN3O/c1-9-6-10(16)7-18-14(9)19-15(20)12-8-17-13-5-3-2-4-11(12)13/h2-8,17H,1H3,(H,18,19,20). The number of hydrogen-bond donors (Lipinski definition) is 2. The molecule has 2 N–H and O–H groups in total. The van der Waals surface area contributed by atoms with E-state index in [4.69, 9.17) is 0 Å². The van der Waals surface area contributed by atoms with E-state index in [9.17, 15) is 4.79 Å². The van der Waals surface area contributed by atoms with Gasteiger partial charge in [0.05, 0.1) is 5.56 Å². The van der Waals surface area contributed by atoms with E-state index in [1.165, 1.54) is 0 Å². The summed E-state index contributed by atoms with van der Waals surface area (Å²) in [6.07, 6.45) is 3.38. The highest BCUT2D eigenvalue weighted by Gasteiger charge is 2.13. The second kappa shape index (κ2) is 5.09. The van der Waals surface area contributed by atoms with Crippen LogP contribution >= 0.6 is 15.9 Å². The Labute approximate surface area is 124 Å². The van der Waals surface area contributed by atoms with Crippen molar-refractivity contribution < 1.29 is 4.79 Å². The van der Waals surface area contributed by atoms with Gasteiger partial charge in [-0.3, -0.25) is 4.79 Å². The fourth-order valence-corrected chi connectivity index (χ4v) is 2.55. The van der Waals surface area contributed by atoms with Crippen molar-refractivity contribution in [3.05, 3.63) is 58.3 Å². The summed E-state index contributed by atoms with van der Waals surface area (Å²) >= 11 is 3.35. The van der Waals surface area contributed by atoms with E-state index in [0.717, 1.165) is 20.9 Å². The first-order valence-corrected chi connectivity index (χ1v) is 6.94. The average Bonchev–Trinajstić information content (AvgIpc) is 2.86. The summed E-state index contributed by atoms with van der Waals surface area (Å²) in [6.45, 7) is 1.91. The number of hydrogen-bond acceptors (Lipinski definition) is 2. The highest BCUT2D eigenvalue weighted by Crippen LogP contribution is 2.21. The quantitative estimate of drug-likeness (QED) is 0.749. The molecule has 3 aromatic rings. The summed E-state index contributed by atoms with van der Waals surface area (Å²) in [5, 5.41) is 3.74. The molecule has 0 aliphatic heterocycles. The van der Waals surface area contributed by atoms with Crippen molar-refractivity contribution in [3.8, 4) is 0 Å². The van der Waals surface area contributed by atoms with E-state index in [1.54, 1.807) is 12.4 Å². The van der Waals surface area contributed by atoms with Gasteiger partial charge in [0, 0.05) is 27.8 Å². The molecule has 1 aromatic carbocycles. The number of benzene rings is 1. The van der Waals surface area contributed by atoms with Crippen LogP contribution in [0.1, 0.15) is 15.9 Å². The first-order chi connectivity index (χ1) is 9.65. The van der Waals surface area contributed by atoms with Gasteiger partial charge in [-0.25, -0.2) is 4.98 Å². The van der Waals surface area contributed by atoms with Crippen molar-refractivity contribution in [2.75, 3.05) is 5.32 Å². The Kier molecular flexibility index (Phi) is 3.28. The maximum Gasteiger partial charge on any atom is 0.258 e. The number of pyridine rings is 1. The molecule has 0 spiro atoms. The zero-order valence-electron chi connectivity index (χ0n) is 10.8. The van der Waals surface area contributed by atoms with Crippen LogP contribution in [0.3, 0.4) is 0 Å². The van der Waals surface area contributed by atoms with Crippen molar-refractivity contribution in [3.63, 3.8) is 0 Å². The first-order valence-electron chi connectivity index (χ1n) is 6.15. The number of nitrogens with one attached hydrogen (secondary N) is 2. The van der Waals surface area contributed by atoms with Crippen LogP contribution in [0.25, 0.3) is 10.9 Å². The molecule has 4 nitrogen and oxygen atoms in total. The van der Waals surface area contributed by atoms with Gasteiger partial charge in [0.1, 0.15) is 5.82 Å². The molecule has 3 rings (SSSR count). The molecule has 0 saturated carbocycles. The normalized spacial score (nSPS) is 10.7. The highest BCUT2D eigenvalue weighted by atomic mass is 79.9. The zero-order valence-corrected chi connectivity index (χ0v) is 12.4. The maximum absolute atomic E-state index is 12.3. The fraction of sp³-hybridized carbons (Fsp3) is 0.0667. The molecule has 0 saturated heterocycles. The van der Waals surface area contributed by atoms with E-state index in [0.29, 0.717) is 11.4 Å². The van der Waals surface area contributed by atoms with Crippen LogP contribution in [-0.2, 0) is 0 Å². The lowest BCUT2D eigenvalue weighted by molar-refractivity contribution is 0.102. The van der Waals surface area contributed by atoms with E-state index in [1.807, 2.05) is 37.3 Å². The smallest absolute Gasteiger partial charge is 0.258 e. The Morgan fingerprint density at radius 1 is 1.35 bits per heavy atom. The fourth-order valence-electron chi connectivity index (χ4n) is 2.11. The van der Waals surface area contributed by atoms with Crippen molar-refractivity contribution in [2.24, 2.45) is 0 Å². The van der Waals surface area contributed by atoms with Gasteiger partial charge < -0.3 is 10.3 Å². The van der Waals surface area contributed by atoms with E-state index in [2.05, 4.69) is 31.2 Å². The number of nitrogens with zero attached hydrogens (tertiary/aromatic N) is 1. The van der Waals surface area contributed by atoms with E-state index < -0.39 is 0 Å². The summed E-state index contributed by atoms with van der Waals surface area (Å²) in [5.74, 6) is 0.406. The number of anilines is 1.